The molecule has 1 fully saturated rings. The molecule has 0 radical (unpaired) electrons. The molecule has 4 nitrogen and oxygen atoms in total. The van der Waals surface area contributed by atoms with Gasteiger partial charge in [-0.3, -0.25) is 4.79 Å². The minimum atomic E-state index is -0.225. The molecule has 0 spiro atoms. The van der Waals surface area contributed by atoms with Crippen LogP contribution in [-0.2, 0) is 12.0 Å². The van der Waals surface area contributed by atoms with Gasteiger partial charge in [-0.2, -0.15) is 0 Å². The van der Waals surface area contributed by atoms with Gasteiger partial charge in [0.05, 0.1) is 6.33 Å². The number of hydrogen-bond acceptors (Lipinski definition) is 2. The van der Waals surface area contributed by atoms with Crippen LogP contribution in [0.5, 0.6) is 0 Å². The fraction of sp³-hybridized carbons (Fsp3) is 0.304. The van der Waals surface area contributed by atoms with E-state index in [1.807, 2.05) is 47.2 Å². The molecule has 1 N–H and O–H groups in total. The Morgan fingerprint density at radius 1 is 1.07 bits per heavy atom. The van der Waals surface area contributed by atoms with Crippen molar-refractivity contribution in [3.63, 3.8) is 0 Å². The SMILES string of the molecule is O=C(NCC1(c2ccc(F)cc2)CCCC1)c1ccc(Cn2ccnc2)cc1. The second-order valence-corrected chi connectivity index (χ2v) is 7.61. The van der Waals surface area contributed by atoms with Crippen LogP contribution in [0.4, 0.5) is 4.39 Å². The highest BCUT2D eigenvalue weighted by atomic mass is 19.1. The van der Waals surface area contributed by atoms with Gasteiger partial charge in [0.15, 0.2) is 0 Å². The van der Waals surface area contributed by atoms with Crippen molar-refractivity contribution in [3.05, 3.63) is 89.8 Å². The molecule has 28 heavy (non-hydrogen) atoms. The Balaban J connectivity index is 1.41. The van der Waals surface area contributed by atoms with Crippen molar-refractivity contribution < 1.29 is 9.18 Å². The van der Waals surface area contributed by atoms with Crippen LogP contribution in [0.15, 0.2) is 67.3 Å². The van der Waals surface area contributed by atoms with Gasteiger partial charge in [-0.1, -0.05) is 37.1 Å². The fourth-order valence-electron chi connectivity index (χ4n) is 4.13. The van der Waals surface area contributed by atoms with Gasteiger partial charge in [-0.15, -0.1) is 0 Å². The Labute approximate surface area is 164 Å². The van der Waals surface area contributed by atoms with Crippen LogP contribution in [0.3, 0.4) is 0 Å². The van der Waals surface area contributed by atoms with Gasteiger partial charge in [0, 0.05) is 36.5 Å². The third-order valence-electron chi connectivity index (χ3n) is 5.75. The molecule has 0 bridgehead atoms. The average molecular weight is 377 g/mol. The molecule has 1 heterocycles. The smallest absolute Gasteiger partial charge is 0.251 e. The molecule has 4 rings (SSSR count). The molecule has 2 aromatic carbocycles. The third-order valence-corrected chi connectivity index (χ3v) is 5.75. The number of carbonyl (C=O) groups is 1. The summed E-state index contributed by atoms with van der Waals surface area (Å²) >= 11 is 0. The van der Waals surface area contributed by atoms with Gasteiger partial charge >= 0.3 is 0 Å². The Morgan fingerprint density at radius 3 is 2.43 bits per heavy atom. The quantitative estimate of drug-likeness (QED) is 0.696. The van der Waals surface area contributed by atoms with E-state index in [4.69, 9.17) is 0 Å². The fourth-order valence-corrected chi connectivity index (χ4v) is 4.13. The van der Waals surface area contributed by atoms with Crippen LogP contribution < -0.4 is 5.32 Å². The van der Waals surface area contributed by atoms with Crippen LogP contribution in [0.2, 0.25) is 0 Å². The molecular weight excluding hydrogens is 353 g/mol. The van der Waals surface area contributed by atoms with E-state index in [2.05, 4.69) is 10.3 Å². The monoisotopic (exact) mass is 377 g/mol. The van der Waals surface area contributed by atoms with Gasteiger partial charge in [0.25, 0.3) is 5.91 Å². The van der Waals surface area contributed by atoms with Crippen LogP contribution in [-0.4, -0.2) is 22.0 Å². The molecule has 1 aliphatic carbocycles. The summed E-state index contributed by atoms with van der Waals surface area (Å²) in [6, 6.07) is 14.4. The average Bonchev–Trinajstić information content (AvgIpc) is 3.40. The number of imidazole rings is 1. The van der Waals surface area contributed by atoms with Crippen LogP contribution in [0.25, 0.3) is 0 Å². The van der Waals surface area contributed by atoms with Crippen molar-refractivity contribution >= 4 is 5.91 Å². The summed E-state index contributed by atoms with van der Waals surface area (Å²) in [5.74, 6) is -0.292. The summed E-state index contributed by atoms with van der Waals surface area (Å²) in [5, 5.41) is 3.11. The Kier molecular flexibility index (Phi) is 5.24. The number of hydrogen-bond donors (Lipinski definition) is 1. The molecule has 0 unspecified atom stereocenters. The predicted molar refractivity (Wildman–Crippen MR) is 107 cm³/mol. The highest BCUT2D eigenvalue weighted by molar-refractivity contribution is 5.94. The second kappa shape index (κ2) is 7.97. The van der Waals surface area contributed by atoms with Crippen molar-refractivity contribution in [2.75, 3.05) is 6.54 Å². The highest BCUT2D eigenvalue weighted by Gasteiger charge is 2.35. The van der Waals surface area contributed by atoms with Crippen molar-refractivity contribution in [3.8, 4) is 0 Å². The van der Waals surface area contributed by atoms with Crippen molar-refractivity contribution in [2.24, 2.45) is 0 Å². The van der Waals surface area contributed by atoms with E-state index in [0.717, 1.165) is 43.4 Å². The zero-order chi connectivity index (χ0) is 19.4. The summed E-state index contributed by atoms with van der Waals surface area (Å²) in [6.45, 7) is 1.31. The second-order valence-electron chi connectivity index (χ2n) is 7.61. The minimum absolute atomic E-state index is 0.0671. The number of nitrogens with one attached hydrogen (secondary N) is 1. The zero-order valence-electron chi connectivity index (χ0n) is 15.8. The number of amides is 1. The number of carbonyl (C=O) groups excluding carboxylic acids is 1. The van der Waals surface area contributed by atoms with Crippen LogP contribution in [0, 0.1) is 5.82 Å². The first-order valence-electron chi connectivity index (χ1n) is 9.74. The summed E-state index contributed by atoms with van der Waals surface area (Å²) in [4.78, 5) is 16.7. The van der Waals surface area contributed by atoms with Crippen LogP contribution in [0.1, 0.15) is 47.2 Å². The maximum atomic E-state index is 13.3. The molecule has 1 saturated carbocycles. The first-order valence-corrected chi connectivity index (χ1v) is 9.74. The molecule has 1 amide bonds. The molecule has 144 valence electrons. The largest absolute Gasteiger partial charge is 0.351 e. The molecule has 1 aliphatic rings. The van der Waals surface area contributed by atoms with E-state index in [9.17, 15) is 9.18 Å². The molecule has 1 aromatic heterocycles. The Hall–Kier alpha value is -2.95. The first kappa shape index (κ1) is 18.4. The van der Waals surface area contributed by atoms with Crippen molar-refractivity contribution in [2.45, 2.75) is 37.6 Å². The number of rotatable bonds is 6. The van der Waals surface area contributed by atoms with E-state index in [1.54, 1.807) is 12.5 Å². The predicted octanol–water partition coefficient (Wildman–Crippen LogP) is 4.31. The lowest BCUT2D eigenvalue weighted by Crippen LogP contribution is -2.39. The Morgan fingerprint density at radius 2 is 1.79 bits per heavy atom. The lowest BCUT2D eigenvalue weighted by molar-refractivity contribution is 0.0943. The molecule has 0 saturated heterocycles. The lowest BCUT2D eigenvalue weighted by atomic mass is 9.78. The molecule has 5 heteroatoms. The van der Waals surface area contributed by atoms with Gasteiger partial charge in [0.2, 0.25) is 0 Å². The van der Waals surface area contributed by atoms with Gasteiger partial charge in [-0.25, -0.2) is 9.37 Å². The molecule has 0 aliphatic heterocycles. The minimum Gasteiger partial charge on any atom is -0.351 e. The van der Waals surface area contributed by atoms with E-state index < -0.39 is 0 Å². The maximum absolute atomic E-state index is 13.3. The number of nitrogens with zero attached hydrogens (tertiary/aromatic N) is 2. The lowest BCUT2D eigenvalue weighted by Gasteiger charge is -2.30. The van der Waals surface area contributed by atoms with E-state index >= 15 is 0 Å². The highest BCUT2D eigenvalue weighted by Crippen LogP contribution is 2.40. The van der Waals surface area contributed by atoms with Crippen LogP contribution >= 0.6 is 0 Å². The molecule has 3 aromatic rings. The van der Waals surface area contributed by atoms with Crippen molar-refractivity contribution in [1.29, 1.82) is 0 Å². The number of aromatic nitrogens is 2. The van der Waals surface area contributed by atoms with E-state index in [1.165, 1.54) is 12.1 Å². The number of benzene rings is 2. The molecule has 0 atom stereocenters. The maximum Gasteiger partial charge on any atom is 0.251 e. The molecular formula is C23H24FN3O. The van der Waals surface area contributed by atoms with E-state index in [0.29, 0.717) is 12.1 Å². The normalized spacial score (nSPS) is 15.5. The summed E-state index contributed by atoms with van der Waals surface area (Å²) in [5.41, 5.74) is 2.79. The van der Waals surface area contributed by atoms with Gasteiger partial charge < -0.3 is 9.88 Å². The van der Waals surface area contributed by atoms with E-state index in [-0.39, 0.29) is 17.1 Å². The summed E-state index contributed by atoms with van der Waals surface area (Å²) < 4.78 is 15.3. The van der Waals surface area contributed by atoms with Crippen molar-refractivity contribution in [1.82, 2.24) is 14.9 Å². The standard InChI is InChI=1S/C23H24FN3O/c24-21-9-7-20(8-10-21)23(11-1-2-12-23)16-26-22(28)19-5-3-18(4-6-19)15-27-14-13-25-17-27/h3-10,13-14,17H,1-2,11-12,15-16H2,(H,26,28). The first-order chi connectivity index (χ1) is 13.6. The van der Waals surface area contributed by atoms with Gasteiger partial charge in [-0.05, 0) is 48.2 Å². The topological polar surface area (TPSA) is 46.9 Å². The summed E-state index contributed by atoms with van der Waals surface area (Å²) in [6.07, 6.45) is 9.74. The summed E-state index contributed by atoms with van der Waals surface area (Å²) in [7, 11) is 0. The third kappa shape index (κ3) is 3.98. The number of halogens is 1. The zero-order valence-corrected chi connectivity index (χ0v) is 15.8. The Bertz CT molecular complexity index is 911. The van der Waals surface area contributed by atoms with Gasteiger partial charge in [0.1, 0.15) is 5.82 Å².